The first-order valence-corrected chi connectivity index (χ1v) is 8.43. The molecule has 0 atom stereocenters. The van der Waals surface area contributed by atoms with Gasteiger partial charge in [-0.2, -0.15) is 0 Å². The van der Waals surface area contributed by atoms with Gasteiger partial charge in [-0.1, -0.05) is 6.07 Å². The lowest BCUT2D eigenvalue weighted by Gasteiger charge is -2.31. The van der Waals surface area contributed by atoms with Gasteiger partial charge in [0.1, 0.15) is 5.75 Å². The third kappa shape index (κ3) is 3.93. The van der Waals surface area contributed by atoms with Crippen molar-refractivity contribution in [3.63, 3.8) is 0 Å². The van der Waals surface area contributed by atoms with Gasteiger partial charge >= 0.3 is 12.0 Å². The molecule has 3 rings (SSSR count). The van der Waals surface area contributed by atoms with Crippen LogP contribution in [-0.2, 0) is 22.5 Å². The number of nitrogens with one attached hydrogen (secondary N) is 2. The Morgan fingerprint density at radius 2 is 2.16 bits per heavy atom. The highest BCUT2D eigenvalue weighted by Gasteiger charge is 2.26. The van der Waals surface area contributed by atoms with Gasteiger partial charge in [0, 0.05) is 25.3 Å². The number of urea groups is 1. The number of amides is 2. The minimum atomic E-state index is -0.385. The molecule has 7 heteroatoms. The van der Waals surface area contributed by atoms with Crippen LogP contribution in [-0.4, -0.2) is 50.3 Å². The van der Waals surface area contributed by atoms with E-state index in [9.17, 15) is 9.59 Å². The molecule has 0 aromatic heterocycles. The van der Waals surface area contributed by atoms with Gasteiger partial charge in [-0.05, 0) is 36.6 Å². The maximum absolute atomic E-state index is 12.1. The second kappa shape index (κ2) is 7.57. The van der Waals surface area contributed by atoms with Crippen LogP contribution in [0.15, 0.2) is 29.5 Å². The Bertz CT molecular complexity index is 714. The van der Waals surface area contributed by atoms with Gasteiger partial charge < -0.3 is 20.1 Å². The van der Waals surface area contributed by atoms with Crippen molar-refractivity contribution in [3.8, 4) is 5.75 Å². The third-order valence-electron chi connectivity index (χ3n) is 4.46. The second-order valence-corrected chi connectivity index (χ2v) is 6.08. The highest BCUT2D eigenvalue weighted by atomic mass is 16.5. The smallest absolute Gasteiger partial charge is 0.337 e. The van der Waals surface area contributed by atoms with Crippen LogP contribution >= 0.6 is 0 Å². The molecule has 25 heavy (non-hydrogen) atoms. The Hall–Kier alpha value is -2.54. The molecule has 0 bridgehead atoms. The molecule has 1 aromatic rings. The summed E-state index contributed by atoms with van der Waals surface area (Å²) in [5.74, 6) is 0.450. The van der Waals surface area contributed by atoms with Crippen LogP contribution < -0.4 is 15.4 Å². The summed E-state index contributed by atoms with van der Waals surface area (Å²) in [5.41, 5.74) is 3.63. The van der Waals surface area contributed by atoms with Gasteiger partial charge in [0.15, 0.2) is 0 Å². The monoisotopic (exact) mass is 345 g/mol. The molecule has 2 aliphatic rings. The number of benzene rings is 1. The van der Waals surface area contributed by atoms with Gasteiger partial charge in [-0.25, -0.2) is 9.59 Å². The Balaban J connectivity index is 1.77. The molecule has 0 saturated heterocycles. The first kappa shape index (κ1) is 17.3. The summed E-state index contributed by atoms with van der Waals surface area (Å²) < 4.78 is 10.4. The molecular weight excluding hydrogens is 322 g/mol. The summed E-state index contributed by atoms with van der Waals surface area (Å²) >= 11 is 0. The maximum atomic E-state index is 12.1. The third-order valence-corrected chi connectivity index (χ3v) is 4.46. The molecule has 2 amide bonds. The van der Waals surface area contributed by atoms with Gasteiger partial charge in [-0.3, -0.25) is 4.90 Å². The molecule has 2 heterocycles. The molecule has 0 spiro atoms. The number of nitrogens with zero attached hydrogens (tertiary/aromatic N) is 1. The predicted molar refractivity (Wildman–Crippen MR) is 92.2 cm³/mol. The SMILES string of the molecule is CCOC(=O)C1=C(CN2CCc3ccc(OC)cc3C2)NC(=O)NC1. The number of rotatable bonds is 5. The van der Waals surface area contributed by atoms with Crippen molar-refractivity contribution in [1.82, 2.24) is 15.5 Å². The summed E-state index contributed by atoms with van der Waals surface area (Å²) in [6.45, 7) is 4.37. The van der Waals surface area contributed by atoms with Crippen molar-refractivity contribution < 1.29 is 19.1 Å². The van der Waals surface area contributed by atoms with E-state index in [-0.39, 0.29) is 18.5 Å². The molecule has 134 valence electrons. The van der Waals surface area contributed by atoms with Crippen molar-refractivity contribution in [2.75, 3.05) is 33.4 Å². The molecular formula is C18H23N3O4. The van der Waals surface area contributed by atoms with Gasteiger partial charge in [-0.15, -0.1) is 0 Å². The van der Waals surface area contributed by atoms with E-state index < -0.39 is 0 Å². The molecule has 0 fully saturated rings. The number of esters is 1. The Morgan fingerprint density at radius 1 is 1.32 bits per heavy atom. The lowest BCUT2D eigenvalue weighted by molar-refractivity contribution is -0.138. The first-order chi connectivity index (χ1) is 12.1. The molecule has 2 N–H and O–H groups in total. The number of carbonyl (C=O) groups is 2. The number of hydrogen-bond donors (Lipinski definition) is 2. The number of carbonyl (C=O) groups excluding carboxylic acids is 2. The maximum Gasteiger partial charge on any atom is 0.337 e. The predicted octanol–water partition coefficient (Wildman–Crippen LogP) is 1.18. The lowest BCUT2D eigenvalue weighted by atomic mass is 9.99. The quantitative estimate of drug-likeness (QED) is 0.784. The fourth-order valence-corrected chi connectivity index (χ4v) is 3.16. The van der Waals surface area contributed by atoms with Crippen molar-refractivity contribution in [1.29, 1.82) is 0 Å². The molecule has 0 saturated carbocycles. The molecule has 1 aromatic carbocycles. The average Bonchev–Trinajstić information content (AvgIpc) is 2.61. The largest absolute Gasteiger partial charge is 0.497 e. The van der Waals surface area contributed by atoms with Crippen LogP contribution in [0.4, 0.5) is 4.79 Å². The topological polar surface area (TPSA) is 79.9 Å². The van der Waals surface area contributed by atoms with E-state index in [1.165, 1.54) is 11.1 Å². The first-order valence-electron chi connectivity index (χ1n) is 8.43. The minimum Gasteiger partial charge on any atom is -0.497 e. The zero-order chi connectivity index (χ0) is 17.8. The van der Waals surface area contributed by atoms with Crippen molar-refractivity contribution >= 4 is 12.0 Å². The Kier molecular flexibility index (Phi) is 5.23. The zero-order valence-electron chi connectivity index (χ0n) is 14.6. The van der Waals surface area contributed by atoms with Gasteiger partial charge in [0.2, 0.25) is 0 Å². The van der Waals surface area contributed by atoms with Crippen LogP contribution in [0.2, 0.25) is 0 Å². The number of ether oxygens (including phenoxy) is 2. The van der Waals surface area contributed by atoms with Crippen LogP contribution in [0, 0.1) is 0 Å². The van der Waals surface area contributed by atoms with Crippen LogP contribution in [0.25, 0.3) is 0 Å². The minimum absolute atomic E-state index is 0.193. The number of methoxy groups -OCH3 is 1. The van der Waals surface area contributed by atoms with Crippen molar-refractivity contribution in [3.05, 3.63) is 40.6 Å². The summed E-state index contributed by atoms with van der Waals surface area (Å²) in [6, 6.07) is 5.83. The van der Waals surface area contributed by atoms with Crippen LogP contribution in [0.5, 0.6) is 5.75 Å². The fraction of sp³-hybridized carbons (Fsp3) is 0.444. The molecule has 0 aliphatic carbocycles. The molecule has 2 aliphatic heterocycles. The normalized spacial score (nSPS) is 17.4. The fourth-order valence-electron chi connectivity index (χ4n) is 3.16. The van der Waals surface area contributed by atoms with Gasteiger partial charge in [0.25, 0.3) is 0 Å². The highest BCUT2D eigenvalue weighted by molar-refractivity contribution is 5.93. The molecule has 0 unspecified atom stereocenters. The highest BCUT2D eigenvalue weighted by Crippen LogP contribution is 2.24. The van der Waals surface area contributed by atoms with Crippen molar-refractivity contribution in [2.24, 2.45) is 0 Å². The standard InChI is InChI=1S/C18H23N3O4/c1-3-25-17(22)15-9-19-18(23)20-16(15)11-21-7-6-12-4-5-14(24-2)8-13(12)10-21/h4-5,8H,3,6-7,9-11H2,1-2H3,(H2,19,20,23). The summed E-state index contributed by atoms with van der Waals surface area (Å²) in [4.78, 5) is 26.0. The van der Waals surface area contributed by atoms with Gasteiger partial charge in [0.05, 0.1) is 25.8 Å². The molecule has 0 radical (unpaired) electrons. The summed E-state index contributed by atoms with van der Waals surface area (Å²) in [5, 5.41) is 5.39. The van der Waals surface area contributed by atoms with Crippen LogP contribution in [0.3, 0.4) is 0 Å². The molecule has 7 nitrogen and oxygen atoms in total. The van der Waals surface area contributed by atoms with E-state index in [1.807, 2.05) is 12.1 Å². The number of fused-ring (bicyclic) bond motifs is 1. The van der Waals surface area contributed by atoms with Crippen LogP contribution in [0.1, 0.15) is 18.1 Å². The summed E-state index contributed by atoms with van der Waals surface area (Å²) in [6.07, 6.45) is 0.924. The van der Waals surface area contributed by atoms with Crippen molar-refractivity contribution in [2.45, 2.75) is 19.9 Å². The van der Waals surface area contributed by atoms with E-state index in [2.05, 4.69) is 21.6 Å². The van der Waals surface area contributed by atoms with E-state index >= 15 is 0 Å². The van der Waals surface area contributed by atoms with E-state index in [0.717, 1.165) is 25.3 Å². The van der Waals surface area contributed by atoms with E-state index in [4.69, 9.17) is 9.47 Å². The zero-order valence-corrected chi connectivity index (χ0v) is 14.6. The summed E-state index contributed by atoms with van der Waals surface area (Å²) in [7, 11) is 1.66. The Labute approximate surface area is 147 Å². The lowest BCUT2D eigenvalue weighted by Crippen LogP contribution is -2.47. The number of hydrogen-bond acceptors (Lipinski definition) is 5. The van der Waals surface area contributed by atoms with E-state index in [1.54, 1.807) is 14.0 Å². The average molecular weight is 345 g/mol. The second-order valence-electron chi connectivity index (χ2n) is 6.08. The van der Waals surface area contributed by atoms with E-state index in [0.29, 0.717) is 24.4 Å². The Morgan fingerprint density at radius 3 is 2.92 bits per heavy atom.